The first-order chi connectivity index (χ1) is 13.0. The molecule has 0 bridgehead atoms. The average Bonchev–Trinajstić information content (AvgIpc) is 3.03. The molecule has 146 valence electrons. The van der Waals surface area contributed by atoms with Crippen molar-refractivity contribution in [2.45, 2.75) is 44.8 Å². The number of nitrogens with one attached hydrogen (secondary N) is 3. The molecular formula is C18H25N5O3S. The molecule has 2 aromatic rings. The Hall–Kier alpha value is -2.55. The number of amides is 2. The van der Waals surface area contributed by atoms with Crippen LogP contribution in [-0.4, -0.2) is 38.9 Å². The number of aromatic amines is 1. The van der Waals surface area contributed by atoms with Crippen molar-refractivity contribution >= 4 is 29.3 Å². The van der Waals surface area contributed by atoms with E-state index in [1.54, 1.807) is 0 Å². The third kappa shape index (κ3) is 6.28. The predicted molar refractivity (Wildman–Crippen MR) is 106 cm³/mol. The third-order valence-electron chi connectivity index (χ3n) is 3.91. The topological polar surface area (TPSA) is 109 Å². The number of thioether (sulfide) groups is 1. The van der Waals surface area contributed by atoms with Crippen LogP contribution in [-0.2, 0) is 22.6 Å². The van der Waals surface area contributed by atoms with Gasteiger partial charge in [0.1, 0.15) is 0 Å². The minimum atomic E-state index is -0.295. The molecule has 0 unspecified atom stereocenters. The monoisotopic (exact) mass is 391 g/mol. The van der Waals surface area contributed by atoms with E-state index in [9.17, 15) is 14.4 Å². The van der Waals surface area contributed by atoms with Crippen molar-refractivity contribution in [1.82, 2.24) is 20.1 Å². The first kappa shape index (κ1) is 20.8. The van der Waals surface area contributed by atoms with Gasteiger partial charge in [0.05, 0.1) is 12.3 Å². The molecule has 0 atom stereocenters. The molecule has 0 aliphatic carbocycles. The first-order valence-corrected chi connectivity index (χ1v) is 9.96. The Morgan fingerprint density at radius 2 is 2.00 bits per heavy atom. The average molecular weight is 391 g/mol. The van der Waals surface area contributed by atoms with Gasteiger partial charge in [-0.1, -0.05) is 50.2 Å². The molecule has 0 spiro atoms. The van der Waals surface area contributed by atoms with Crippen LogP contribution in [0.25, 0.3) is 0 Å². The molecule has 3 N–H and O–H groups in total. The van der Waals surface area contributed by atoms with Crippen LogP contribution in [0.1, 0.15) is 32.3 Å². The van der Waals surface area contributed by atoms with E-state index in [1.165, 1.54) is 4.57 Å². The molecule has 27 heavy (non-hydrogen) atoms. The van der Waals surface area contributed by atoms with Crippen LogP contribution in [0.15, 0.2) is 34.2 Å². The molecule has 8 nitrogen and oxygen atoms in total. The molecule has 0 fully saturated rings. The number of aromatic nitrogens is 3. The largest absolute Gasteiger partial charge is 0.346 e. The van der Waals surface area contributed by atoms with Crippen LogP contribution in [0.4, 0.5) is 5.69 Å². The van der Waals surface area contributed by atoms with Crippen LogP contribution in [0.5, 0.6) is 0 Å². The molecule has 0 saturated heterocycles. The summed E-state index contributed by atoms with van der Waals surface area (Å²) < 4.78 is 1.52. The molecule has 2 amide bonds. The molecule has 1 heterocycles. The summed E-state index contributed by atoms with van der Waals surface area (Å²) in [5.74, 6) is -0.500. The molecule has 2 rings (SSSR count). The van der Waals surface area contributed by atoms with Crippen molar-refractivity contribution in [3.05, 3.63) is 40.3 Å². The van der Waals surface area contributed by atoms with Crippen molar-refractivity contribution < 1.29 is 9.59 Å². The molecule has 0 aliphatic heterocycles. The highest BCUT2D eigenvalue weighted by molar-refractivity contribution is 7.99. The lowest BCUT2D eigenvalue weighted by atomic mass is 10.1. The van der Waals surface area contributed by atoms with E-state index in [0.717, 1.165) is 42.3 Å². The van der Waals surface area contributed by atoms with E-state index in [2.05, 4.69) is 20.8 Å². The van der Waals surface area contributed by atoms with Gasteiger partial charge in [-0.2, -0.15) is 0 Å². The molecule has 1 aromatic carbocycles. The second-order valence-electron chi connectivity index (χ2n) is 5.94. The van der Waals surface area contributed by atoms with Gasteiger partial charge < -0.3 is 10.6 Å². The number of hydrogen-bond donors (Lipinski definition) is 3. The Morgan fingerprint density at radius 1 is 1.22 bits per heavy atom. The zero-order valence-corrected chi connectivity index (χ0v) is 16.4. The molecule has 0 radical (unpaired) electrons. The van der Waals surface area contributed by atoms with Gasteiger partial charge in [-0.05, 0) is 24.5 Å². The summed E-state index contributed by atoms with van der Waals surface area (Å²) in [7, 11) is 0. The molecule has 9 heteroatoms. The van der Waals surface area contributed by atoms with Crippen LogP contribution in [0.3, 0.4) is 0 Å². The minimum Gasteiger partial charge on any atom is -0.346 e. The maximum Gasteiger partial charge on any atom is 0.343 e. The van der Waals surface area contributed by atoms with Crippen molar-refractivity contribution in [3.8, 4) is 0 Å². The van der Waals surface area contributed by atoms with Gasteiger partial charge in [0.25, 0.3) is 0 Å². The summed E-state index contributed by atoms with van der Waals surface area (Å²) in [6.45, 7) is 4.50. The number of aryl methyl sites for hydroxylation is 1. The molecule has 1 aromatic heterocycles. The quantitative estimate of drug-likeness (QED) is 0.535. The van der Waals surface area contributed by atoms with Crippen molar-refractivity contribution in [2.24, 2.45) is 0 Å². The number of benzene rings is 1. The van der Waals surface area contributed by atoms with E-state index >= 15 is 0 Å². The second kappa shape index (κ2) is 10.6. The number of unbranched alkanes of at least 4 members (excludes halogenated alkanes) is 1. The van der Waals surface area contributed by atoms with E-state index < -0.39 is 0 Å². The lowest BCUT2D eigenvalue weighted by molar-refractivity contribution is -0.122. The summed E-state index contributed by atoms with van der Waals surface area (Å²) in [6.07, 6.45) is 2.62. The third-order valence-corrected chi connectivity index (χ3v) is 4.89. The lowest BCUT2D eigenvalue weighted by Gasteiger charge is -2.10. The van der Waals surface area contributed by atoms with Gasteiger partial charge in [-0.3, -0.25) is 14.2 Å². The fraction of sp³-hybridized carbons (Fsp3) is 0.444. The number of anilines is 1. The van der Waals surface area contributed by atoms with Crippen molar-refractivity contribution in [3.63, 3.8) is 0 Å². The maximum atomic E-state index is 12.0. The normalized spacial score (nSPS) is 10.6. The highest BCUT2D eigenvalue weighted by Gasteiger charge is 2.12. The second-order valence-corrected chi connectivity index (χ2v) is 6.88. The first-order valence-electron chi connectivity index (χ1n) is 8.97. The zero-order chi connectivity index (χ0) is 19.6. The van der Waals surface area contributed by atoms with Crippen LogP contribution >= 0.6 is 11.8 Å². The Labute approximate surface area is 162 Å². The zero-order valence-electron chi connectivity index (χ0n) is 15.6. The van der Waals surface area contributed by atoms with Gasteiger partial charge in [0.15, 0.2) is 5.16 Å². The van der Waals surface area contributed by atoms with Gasteiger partial charge in [-0.25, -0.2) is 9.89 Å². The highest BCUT2D eigenvalue weighted by Crippen LogP contribution is 2.15. The Balaban J connectivity index is 1.79. The number of nitrogens with zero attached hydrogens (tertiary/aromatic N) is 2. The van der Waals surface area contributed by atoms with Gasteiger partial charge >= 0.3 is 5.69 Å². The molecular weight excluding hydrogens is 366 g/mol. The summed E-state index contributed by atoms with van der Waals surface area (Å²) in [5, 5.41) is 12.2. The van der Waals surface area contributed by atoms with Crippen LogP contribution in [0, 0.1) is 0 Å². The molecule has 0 aliphatic rings. The van der Waals surface area contributed by atoms with E-state index in [0.29, 0.717) is 11.7 Å². The van der Waals surface area contributed by atoms with E-state index in [-0.39, 0.29) is 29.8 Å². The van der Waals surface area contributed by atoms with Gasteiger partial charge in [0, 0.05) is 12.2 Å². The number of carbonyl (C=O) groups is 2. The summed E-state index contributed by atoms with van der Waals surface area (Å²) in [6, 6.07) is 7.56. The number of hydrogen-bond acceptors (Lipinski definition) is 5. The Bertz CT molecular complexity index is 830. The number of rotatable bonds is 10. The Morgan fingerprint density at radius 3 is 2.74 bits per heavy atom. The van der Waals surface area contributed by atoms with Crippen LogP contribution < -0.4 is 16.3 Å². The fourth-order valence-electron chi connectivity index (χ4n) is 2.43. The number of para-hydroxylation sites is 1. The molecule has 0 saturated carbocycles. The predicted octanol–water partition coefficient (Wildman–Crippen LogP) is 1.78. The van der Waals surface area contributed by atoms with Gasteiger partial charge in [-0.15, -0.1) is 5.10 Å². The minimum absolute atomic E-state index is 0.0786. The smallest absolute Gasteiger partial charge is 0.343 e. The van der Waals surface area contributed by atoms with Crippen molar-refractivity contribution in [1.29, 1.82) is 0 Å². The van der Waals surface area contributed by atoms with E-state index in [4.69, 9.17) is 0 Å². The van der Waals surface area contributed by atoms with E-state index in [1.807, 2.05) is 38.1 Å². The fourth-order valence-corrected chi connectivity index (χ4v) is 3.23. The van der Waals surface area contributed by atoms with Crippen molar-refractivity contribution in [2.75, 3.05) is 17.6 Å². The highest BCUT2D eigenvalue weighted by atomic mass is 32.2. The summed E-state index contributed by atoms with van der Waals surface area (Å²) in [4.78, 5) is 35.7. The Kier molecular flexibility index (Phi) is 8.12. The standard InChI is InChI=1S/C18H25N5O3S/c1-3-5-10-23-17(26)21-22-18(23)27-12-16(25)19-11-15(24)20-14-9-7-6-8-13(14)4-2/h6-9H,3-5,10-12H2,1-2H3,(H,19,25)(H,20,24)(H,21,26). The van der Waals surface area contributed by atoms with Gasteiger partial charge in [0.2, 0.25) is 11.8 Å². The number of carbonyl (C=O) groups excluding carboxylic acids is 2. The number of H-pyrrole nitrogens is 1. The van der Waals surface area contributed by atoms with Crippen LogP contribution in [0.2, 0.25) is 0 Å². The summed E-state index contributed by atoms with van der Waals surface area (Å²) in [5.41, 5.74) is 1.52. The maximum absolute atomic E-state index is 12.0. The SMILES string of the molecule is CCCCn1c(SCC(=O)NCC(=O)Nc2ccccc2CC)n[nH]c1=O. The summed E-state index contributed by atoms with van der Waals surface area (Å²) >= 11 is 1.16. The lowest BCUT2D eigenvalue weighted by Crippen LogP contribution is -2.34.